The first kappa shape index (κ1) is 21.7. The van der Waals surface area contributed by atoms with Crippen LogP contribution in [0.3, 0.4) is 0 Å². The summed E-state index contributed by atoms with van der Waals surface area (Å²) in [6, 6.07) is 13.2. The van der Waals surface area contributed by atoms with E-state index in [1.165, 1.54) is 11.8 Å². The Morgan fingerprint density at radius 2 is 1.90 bits per heavy atom. The summed E-state index contributed by atoms with van der Waals surface area (Å²) in [4.78, 5) is 19.3. The average Bonchev–Trinajstić information content (AvgIpc) is 3.15. The van der Waals surface area contributed by atoms with Gasteiger partial charge in [0.15, 0.2) is 16.7 Å². The number of morpholine rings is 1. The van der Waals surface area contributed by atoms with Gasteiger partial charge in [-0.25, -0.2) is 0 Å². The fourth-order valence-electron chi connectivity index (χ4n) is 3.18. The van der Waals surface area contributed by atoms with Gasteiger partial charge >= 0.3 is 0 Å². The van der Waals surface area contributed by atoms with Crippen molar-refractivity contribution in [2.24, 2.45) is 4.99 Å². The van der Waals surface area contributed by atoms with Crippen molar-refractivity contribution in [1.29, 1.82) is 0 Å². The molecule has 31 heavy (non-hydrogen) atoms. The Morgan fingerprint density at radius 1 is 1.13 bits per heavy atom. The largest absolute Gasteiger partial charge is 0.490 e. The van der Waals surface area contributed by atoms with Gasteiger partial charge in [-0.1, -0.05) is 29.8 Å². The van der Waals surface area contributed by atoms with E-state index in [9.17, 15) is 4.79 Å². The molecule has 2 heterocycles. The van der Waals surface area contributed by atoms with Crippen LogP contribution < -0.4 is 9.47 Å². The molecule has 1 fully saturated rings. The van der Waals surface area contributed by atoms with E-state index in [0.29, 0.717) is 47.9 Å². The molecule has 1 saturated heterocycles. The first-order valence-corrected chi connectivity index (χ1v) is 11.3. The molecule has 162 valence electrons. The van der Waals surface area contributed by atoms with E-state index in [1.807, 2.05) is 55.5 Å². The van der Waals surface area contributed by atoms with Gasteiger partial charge in [0.1, 0.15) is 6.61 Å². The van der Waals surface area contributed by atoms with Crippen LogP contribution in [0.1, 0.15) is 18.1 Å². The van der Waals surface area contributed by atoms with Gasteiger partial charge in [-0.05, 0) is 60.2 Å². The fraction of sp³-hybridized carbons (Fsp3) is 0.304. The van der Waals surface area contributed by atoms with E-state index in [0.717, 1.165) is 29.4 Å². The van der Waals surface area contributed by atoms with Gasteiger partial charge in [0.25, 0.3) is 5.91 Å². The molecule has 8 heteroatoms. The highest BCUT2D eigenvalue weighted by molar-refractivity contribution is 8.18. The van der Waals surface area contributed by atoms with Crippen LogP contribution in [0.25, 0.3) is 6.08 Å². The van der Waals surface area contributed by atoms with Gasteiger partial charge in [0, 0.05) is 18.1 Å². The number of amides is 1. The van der Waals surface area contributed by atoms with Gasteiger partial charge in [-0.3, -0.25) is 4.79 Å². The fourth-order valence-corrected chi connectivity index (χ4v) is 4.27. The van der Waals surface area contributed by atoms with Crippen LogP contribution >= 0.6 is 23.4 Å². The van der Waals surface area contributed by atoms with E-state index >= 15 is 0 Å². The lowest BCUT2D eigenvalue weighted by Crippen LogP contribution is -2.38. The van der Waals surface area contributed by atoms with Crippen molar-refractivity contribution in [3.8, 4) is 11.5 Å². The lowest BCUT2D eigenvalue weighted by Gasteiger charge is -2.27. The number of aliphatic imine (C=N–C) groups is 1. The third kappa shape index (κ3) is 5.61. The van der Waals surface area contributed by atoms with E-state index < -0.39 is 0 Å². The number of hydrogen-bond acceptors (Lipinski definition) is 6. The van der Waals surface area contributed by atoms with Gasteiger partial charge in [0.2, 0.25) is 0 Å². The smallest absolute Gasteiger partial charge is 0.286 e. The molecule has 0 N–H and O–H groups in total. The highest BCUT2D eigenvalue weighted by Gasteiger charge is 2.27. The number of amidine groups is 1. The summed E-state index contributed by atoms with van der Waals surface area (Å²) in [5.74, 6) is 1.07. The van der Waals surface area contributed by atoms with Gasteiger partial charge in [-0.2, -0.15) is 4.99 Å². The molecule has 0 aliphatic carbocycles. The van der Waals surface area contributed by atoms with Crippen molar-refractivity contribution in [2.75, 3.05) is 32.9 Å². The van der Waals surface area contributed by atoms with Crippen LogP contribution in [-0.2, 0) is 16.1 Å². The Kier molecular flexibility index (Phi) is 7.17. The topological polar surface area (TPSA) is 60.4 Å². The molecule has 0 atom stereocenters. The van der Waals surface area contributed by atoms with Crippen LogP contribution in [0.15, 0.2) is 52.4 Å². The summed E-state index contributed by atoms with van der Waals surface area (Å²) < 4.78 is 17.1. The summed E-state index contributed by atoms with van der Waals surface area (Å²) in [6.07, 6.45) is 1.84. The predicted molar refractivity (Wildman–Crippen MR) is 124 cm³/mol. The zero-order chi connectivity index (χ0) is 21.6. The Hall–Kier alpha value is -2.48. The molecular formula is C23H23ClN2O4S. The summed E-state index contributed by atoms with van der Waals surface area (Å²) in [6.45, 7) is 5.65. The molecule has 2 aliphatic heterocycles. The SMILES string of the molecule is CCOc1cc(/C=C2/SC(N3CCOCC3)=NC2=O)ccc1OCc1ccc(Cl)cc1. The second-order valence-electron chi connectivity index (χ2n) is 6.96. The third-order valence-electron chi connectivity index (χ3n) is 4.76. The summed E-state index contributed by atoms with van der Waals surface area (Å²) in [7, 11) is 0. The van der Waals surface area contributed by atoms with Crippen LogP contribution in [-0.4, -0.2) is 48.9 Å². The van der Waals surface area contributed by atoms with Crippen LogP contribution in [0.4, 0.5) is 0 Å². The van der Waals surface area contributed by atoms with Crippen LogP contribution in [0.5, 0.6) is 11.5 Å². The minimum Gasteiger partial charge on any atom is -0.490 e. The maximum atomic E-state index is 12.4. The molecule has 0 radical (unpaired) electrons. The Bertz CT molecular complexity index is 1000. The Balaban J connectivity index is 1.47. The minimum absolute atomic E-state index is 0.215. The number of thioether (sulfide) groups is 1. The molecule has 4 rings (SSSR count). The van der Waals surface area contributed by atoms with E-state index in [2.05, 4.69) is 9.89 Å². The summed E-state index contributed by atoms with van der Waals surface area (Å²) in [5, 5.41) is 1.43. The van der Waals surface area contributed by atoms with Gasteiger partial charge < -0.3 is 19.1 Å². The van der Waals surface area contributed by atoms with Crippen molar-refractivity contribution in [2.45, 2.75) is 13.5 Å². The van der Waals surface area contributed by atoms with Gasteiger partial charge in [-0.15, -0.1) is 0 Å². The molecule has 2 aromatic carbocycles. The third-order valence-corrected chi connectivity index (χ3v) is 6.06. The molecule has 0 aromatic heterocycles. The Labute approximate surface area is 190 Å². The van der Waals surface area contributed by atoms with E-state index in [1.54, 1.807) is 0 Å². The highest BCUT2D eigenvalue weighted by atomic mass is 35.5. The first-order chi connectivity index (χ1) is 15.1. The molecule has 0 unspecified atom stereocenters. The van der Waals surface area contributed by atoms with E-state index in [-0.39, 0.29) is 5.91 Å². The number of benzene rings is 2. The van der Waals surface area contributed by atoms with Crippen molar-refractivity contribution >= 4 is 40.5 Å². The second-order valence-corrected chi connectivity index (χ2v) is 8.41. The number of rotatable bonds is 6. The van der Waals surface area contributed by atoms with Crippen molar-refractivity contribution in [3.05, 3.63) is 63.5 Å². The number of nitrogens with zero attached hydrogens (tertiary/aromatic N) is 2. The molecule has 1 amide bonds. The highest BCUT2D eigenvalue weighted by Crippen LogP contribution is 2.34. The van der Waals surface area contributed by atoms with Gasteiger partial charge in [0.05, 0.1) is 24.7 Å². The monoisotopic (exact) mass is 458 g/mol. The molecule has 0 bridgehead atoms. The number of carbonyl (C=O) groups is 1. The minimum atomic E-state index is -0.215. The van der Waals surface area contributed by atoms with Crippen molar-refractivity contribution in [1.82, 2.24) is 4.90 Å². The number of ether oxygens (including phenoxy) is 3. The lowest BCUT2D eigenvalue weighted by molar-refractivity contribution is -0.113. The maximum Gasteiger partial charge on any atom is 0.286 e. The zero-order valence-corrected chi connectivity index (χ0v) is 18.7. The summed E-state index contributed by atoms with van der Waals surface area (Å²) in [5.41, 5.74) is 1.87. The Morgan fingerprint density at radius 3 is 2.65 bits per heavy atom. The quantitative estimate of drug-likeness (QED) is 0.588. The van der Waals surface area contributed by atoms with E-state index in [4.69, 9.17) is 25.8 Å². The number of carbonyl (C=O) groups excluding carboxylic acids is 1. The predicted octanol–water partition coefficient (Wildman–Crippen LogP) is 4.62. The van der Waals surface area contributed by atoms with Crippen LogP contribution in [0, 0.1) is 0 Å². The molecule has 2 aromatic rings. The number of hydrogen-bond donors (Lipinski definition) is 0. The van der Waals surface area contributed by atoms with Crippen molar-refractivity contribution < 1.29 is 19.0 Å². The normalized spacial score (nSPS) is 17.7. The lowest BCUT2D eigenvalue weighted by atomic mass is 10.2. The summed E-state index contributed by atoms with van der Waals surface area (Å²) >= 11 is 7.34. The second kappa shape index (κ2) is 10.2. The zero-order valence-electron chi connectivity index (χ0n) is 17.2. The van der Waals surface area contributed by atoms with Crippen molar-refractivity contribution in [3.63, 3.8) is 0 Å². The van der Waals surface area contributed by atoms with Crippen LogP contribution in [0.2, 0.25) is 5.02 Å². The standard InChI is InChI=1S/C23H23ClN2O4S/c1-2-29-20-13-17(5-8-19(20)30-15-16-3-6-18(24)7-4-16)14-21-22(27)25-23(31-21)26-9-11-28-12-10-26/h3-8,13-14H,2,9-12,15H2,1H3/b21-14+. The molecule has 0 spiro atoms. The average molecular weight is 459 g/mol. The molecule has 2 aliphatic rings. The first-order valence-electron chi connectivity index (χ1n) is 10.1. The molecular weight excluding hydrogens is 436 g/mol. The molecule has 0 saturated carbocycles. The molecule has 6 nitrogen and oxygen atoms in total. The number of halogens is 1. The maximum absolute atomic E-state index is 12.4.